The quantitative estimate of drug-likeness (QED) is 0.882. The summed E-state index contributed by atoms with van der Waals surface area (Å²) in [5, 5.41) is 0. The van der Waals surface area contributed by atoms with Crippen LogP contribution >= 0.6 is 0 Å². The third-order valence-electron chi connectivity index (χ3n) is 4.33. The van der Waals surface area contributed by atoms with E-state index in [0.717, 1.165) is 18.4 Å². The Morgan fingerprint density at radius 2 is 1.58 bits per heavy atom. The average Bonchev–Trinajstić information content (AvgIpc) is 2.40. The lowest BCUT2D eigenvalue weighted by molar-refractivity contribution is -0.0668. The van der Waals surface area contributed by atoms with E-state index in [4.69, 9.17) is 5.73 Å². The van der Waals surface area contributed by atoms with Crippen LogP contribution in [0.5, 0.6) is 0 Å². The van der Waals surface area contributed by atoms with E-state index >= 15 is 0 Å². The van der Waals surface area contributed by atoms with Gasteiger partial charge in [-0.25, -0.2) is 13.2 Å². The van der Waals surface area contributed by atoms with Gasteiger partial charge in [-0.05, 0) is 55.3 Å². The number of alkyl halides is 2. The average molecular weight is 271 g/mol. The summed E-state index contributed by atoms with van der Waals surface area (Å²) in [6.07, 6.45) is 2.41. The Morgan fingerprint density at radius 3 is 2.11 bits per heavy atom. The van der Waals surface area contributed by atoms with Crippen LogP contribution in [0.4, 0.5) is 13.2 Å². The SMILES string of the molecule is NCC1(CCc2ccc(F)cc2)CCC(F)(F)CC1. The Balaban J connectivity index is 1.94. The molecule has 2 N–H and O–H groups in total. The predicted octanol–water partition coefficient (Wildman–Crippen LogP) is 3.91. The fourth-order valence-corrected chi connectivity index (χ4v) is 2.76. The van der Waals surface area contributed by atoms with Crippen molar-refractivity contribution < 1.29 is 13.2 Å². The summed E-state index contributed by atoms with van der Waals surface area (Å²) >= 11 is 0. The zero-order valence-electron chi connectivity index (χ0n) is 11.0. The van der Waals surface area contributed by atoms with Crippen LogP contribution in [0.3, 0.4) is 0 Å². The first-order chi connectivity index (χ1) is 8.95. The third kappa shape index (κ3) is 3.72. The van der Waals surface area contributed by atoms with Crippen LogP contribution < -0.4 is 5.73 Å². The largest absolute Gasteiger partial charge is 0.330 e. The van der Waals surface area contributed by atoms with Crippen LogP contribution in [-0.2, 0) is 6.42 Å². The van der Waals surface area contributed by atoms with Crippen LogP contribution in [0.15, 0.2) is 24.3 Å². The molecule has 0 radical (unpaired) electrons. The minimum atomic E-state index is -2.52. The summed E-state index contributed by atoms with van der Waals surface area (Å²) < 4.78 is 39.2. The van der Waals surface area contributed by atoms with Crippen LogP contribution in [0.1, 0.15) is 37.7 Å². The lowest BCUT2D eigenvalue weighted by Crippen LogP contribution is -2.39. The standard InChI is InChI=1S/C15H20F3N/c16-13-3-1-12(2-4-13)5-6-14(11-19)7-9-15(17,18)10-8-14/h1-4H,5-11,19H2. The molecule has 106 valence electrons. The fraction of sp³-hybridized carbons (Fsp3) is 0.600. The van der Waals surface area contributed by atoms with E-state index in [1.54, 1.807) is 12.1 Å². The first-order valence-corrected chi connectivity index (χ1v) is 6.77. The van der Waals surface area contributed by atoms with Crippen LogP contribution in [-0.4, -0.2) is 12.5 Å². The van der Waals surface area contributed by atoms with Crippen molar-refractivity contribution >= 4 is 0 Å². The Bertz CT molecular complexity index is 404. The van der Waals surface area contributed by atoms with Crippen molar-refractivity contribution in [2.24, 2.45) is 11.1 Å². The maximum atomic E-state index is 13.2. The summed E-state index contributed by atoms with van der Waals surface area (Å²) in [6.45, 7) is 0.449. The van der Waals surface area contributed by atoms with E-state index in [1.807, 2.05) is 0 Å². The van der Waals surface area contributed by atoms with Crippen LogP contribution in [0, 0.1) is 11.2 Å². The Labute approximate surface area is 112 Å². The van der Waals surface area contributed by atoms with Crippen molar-refractivity contribution in [1.29, 1.82) is 0 Å². The molecular formula is C15H20F3N. The minimum absolute atomic E-state index is 0.0619. The molecular weight excluding hydrogens is 251 g/mol. The molecule has 0 amide bonds. The van der Waals surface area contributed by atoms with Crippen LogP contribution in [0.2, 0.25) is 0 Å². The van der Waals surface area contributed by atoms with E-state index in [9.17, 15) is 13.2 Å². The summed E-state index contributed by atoms with van der Waals surface area (Å²) in [7, 11) is 0. The van der Waals surface area contributed by atoms with Crippen molar-refractivity contribution in [3.8, 4) is 0 Å². The van der Waals surface area contributed by atoms with Crippen molar-refractivity contribution in [3.63, 3.8) is 0 Å². The molecule has 2 rings (SSSR count). The van der Waals surface area contributed by atoms with Gasteiger partial charge in [0, 0.05) is 12.8 Å². The number of nitrogens with two attached hydrogens (primary N) is 1. The van der Waals surface area contributed by atoms with Crippen LogP contribution in [0.25, 0.3) is 0 Å². The zero-order valence-corrected chi connectivity index (χ0v) is 11.0. The Hall–Kier alpha value is -1.03. The van der Waals surface area contributed by atoms with Crippen molar-refractivity contribution in [2.45, 2.75) is 44.4 Å². The fourth-order valence-electron chi connectivity index (χ4n) is 2.76. The number of rotatable bonds is 4. The number of hydrogen-bond donors (Lipinski definition) is 1. The van der Waals surface area contributed by atoms with Gasteiger partial charge in [0.15, 0.2) is 0 Å². The van der Waals surface area contributed by atoms with Gasteiger partial charge < -0.3 is 5.73 Å². The van der Waals surface area contributed by atoms with E-state index in [1.165, 1.54) is 12.1 Å². The summed E-state index contributed by atoms with van der Waals surface area (Å²) in [5.41, 5.74) is 6.67. The molecule has 0 saturated heterocycles. The number of aryl methyl sites for hydroxylation is 1. The van der Waals surface area contributed by atoms with Gasteiger partial charge in [-0.2, -0.15) is 0 Å². The topological polar surface area (TPSA) is 26.0 Å². The Morgan fingerprint density at radius 1 is 1.00 bits per heavy atom. The van der Waals surface area contributed by atoms with Gasteiger partial charge in [0.2, 0.25) is 5.92 Å². The lowest BCUT2D eigenvalue weighted by Gasteiger charge is -2.39. The third-order valence-corrected chi connectivity index (χ3v) is 4.33. The molecule has 1 aromatic carbocycles. The Kier molecular flexibility index (Phi) is 4.19. The molecule has 0 atom stereocenters. The smallest absolute Gasteiger partial charge is 0.248 e. The van der Waals surface area contributed by atoms with Crippen molar-refractivity contribution in [3.05, 3.63) is 35.6 Å². The van der Waals surface area contributed by atoms with E-state index in [2.05, 4.69) is 0 Å². The lowest BCUT2D eigenvalue weighted by atomic mass is 9.69. The molecule has 0 spiro atoms. The zero-order chi connectivity index (χ0) is 13.9. The second-order valence-electron chi connectivity index (χ2n) is 5.69. The molecule has 4 heteroatoms. The summed E-state index contributed by atoms with van der Waals surface area (Å²) in [4.78, 5) is 0. The highest BCUT2D eigenvalue weighted by Gasteiger charge is 2.42. The summed E-state index contributed by atoms with van der Waals surface area (Å²) in [6, 6.07) is 6.35. The van der Waals surface area contributed by atoms with Crippen molar-refractivity contribution in [1.82, 2.24) is 0 Å². The highest BCUT2D eigenvalue weighted by atomic mass is 19.3. The second-order valence-corrected chi connectivity index (χ2v) is 5.69. The maximum absolute atomic E-state index is 13.2. The van der Waals surface area contributed by atoms with Gasteiger partial charge in [0.05, 0.1) is 0 Å². The predicted molar refractivity (Wildman–Crippen MR) is 69.6 cm³/mol. The van der Waals surface area contributed by atoms with Crippen molar-refractivity contribution in [2.75, 3.05) is 6.54 Å². The molecule has 0 aliphatic heterocycles. The number of hydrogen-bond acceptors (Lipinski definition) is 1. The number of benzene rings is 1. The van der Waals surface area contributed by atoms with Gasteiger partial charge in [0.1, 0.15) is 5.82 Å². The molecule has 1 nitrogen and oxygen atoms in total. The monoisotopic (exact) mass is 271 g/mol. The molecule has 0 aromatic heterocycles. The molecule has 0 unspecified atom stereocenters. The first kappa shape index (κ1) is 14.4. The van der Waals surface area contributed by atoms with Gasteiger partial charge in [0.25, 0.3) is 0 Å². The summed E-state index contributed by atoms with van der Waals surface area (Å²) in [5.74, 6) is -2.77. The molecule has 19 heavy (non-hydrogen) atoms. The highest BCUT2D eigenvalue weighted by molar-refractivity contribution is 5.16. The van der Waals surface area contributed by atoms with E-state index < -0.39 is 5.92 Å². The van der Waals surface area contributed by atoms with E-state index in [0.29, 0.717) is 19.4 Å². The van der Waals surface area contributed by atoms with Gasteiger partial charge in [-0.15, -0.1) is 0 Å². The molecule has 1 fully saturated rings. The maximum Gasteiger partial charge on any atom is 0.248 e. The van der Waals surface area contributed by atoms with Gasteiger partial charge in [-0.3, -0.25) is 0 Å². The molecule has 1 aromatic rings. The van der Waals surface area contributed by atoms with Gasteiger partial charge >= 0.3 is 0 Å². The normalized spacial score (nSPS) is 21.3. The number of halogens is 3. The highest BCUT2D eigenvalue weighted by Crippen LogP contribution is 2.45. The first-order valence-electron chi connectivity index (χ1n) is 6.77. The van der Waals surface area contributed by atoms with Gasteiger partial charge in [-0.1, -0.05) is 12.1 Å². The van der Waals surface area contributed by atoms with E-state index in [-0.39, 0.29) is 24.1 Å². The molecule has 0 heterocycles. The molecule has 0 bridgehead atoms. The minimum Gasteiger partial charge on any atom is -0.330 e. The molecule has 1 aliphatic carbocycles. The molecule has 1 saturated carbocycles. The second kappa shape index (κ2) is 5.53. The molecule has 1 aliphatic rings.